The number of ether oxygens (including phenoxy) is 3. The number of hydrogen-bond donors (Lipinski definition) is 1. The van der Waals surface area contributed by atoms with Crippen LogP contribution >= 0.6 is 0 Å². The quantitative estimate of drug-likeness (QED) is 0.784. The molecule has 1 aliphatic rings. The normalized spacial score (nSPS) is 18.3. The van der Waals surface area contributed by atoms with Crippen LogP contribution in [0.1, 0.15) is 12.8 Å². The number of nitrogens with zero attached hydrogens (tertiary/aromatic N) is 1. The Hall–Kier alpha value is -1.66. The zero-order valence-corrected chi connectivity index (χ0v) is 10.9. The van der Waals surface area contributed by atoms with E-state index in [0.29, 0.717) is 31.4 Å². The third-order valence-corrected chi connectivity index (χ3v) is 2.76. The minimum Gasteiger partial charge on any atom is -0.475 e. The van der Waals surface area contributed by atoms with Crippen molar-refractivity contribution >= 4 is 11.6 Å². The lowest BCUT2D eigenvalue weighted by molar-refractivity contribution is -0.124. The molecule has 0 aromatic carbocycles. The third-order valence-electron chi connectivity index (χ3n) is 2.76. The number of amides is 1. The smallest absolute Gasteiger partial charge is 0.253 e. The van der Waals surface area contributed by atoms with Crippen molar-refractivity contribution in [2.45, 2.75) is 18.9 Å². The van der Waals surface area contributed by atoms with E-state index >= 15 is 0 Å². The van der Waals surface area contributed by atoms with Crippen LogP contribution in [0, 0.1) is 0 Å². The van der Waals surface area contributed by atoms with E-state index in [0.717, 1.165) is 12.8 Å². The zero-order chi connectivity index (χ0) is 13.5. The monoisotopic (exact) mass is 266 g/mol. The lowest BCUT2D eigenvalue weighted by Crippen LogP contribution is -2.26. The first kappa shape index (κ1) is 13.8. The Bertz CT molecular complexity index is 402. The van der Waals surface area contributed by atoms with Gasteiger partial charge in [0.1, 0.15) is 12.7 Å². The molecule has 0 aliphatic carbocycles. The molecule has 1 aliphatic heterocycles. The first-order chi connectivity index (χ1) is 9.29. The van der Waals surface area contributed by atoms with E-state index in [1.165, 1.54) is 0 Å². The van der Waals surface area contributed by atoms with Crippen molar-refractivity contribution in [3.8, 4) is 5.88 Å². The first-order valence-corrected chi connectivity index (χ1v) is 6.30. The lowest BCUT2D eigenvalue weighted by atomic mass is 10.2. The molecule has 6 nitrogen and oxygen atoms in total. The Morgan fingerprint density at radius 1 is 1.53 bits per heavy atom. The van der Waals surface area contributed by atoms with Crippen LogP contribution in [0.3, 0.4) is 0 Å². The second-order valence-corrected chi connectivity index (χ2v) is 4.22. The number of anilines is 1. The fourth-order valence-corrected chi connectivity index (χ4v) is 1.78. The highest BCUT2D eigenvalue weighted by Crippen LogP contribution is 2.16. The fraction of sp³-hybridized carbons (Fsp3) is 0.538. The van der Waals surface area contributed by atoms with Crippen LogP contribution in [0.4, 0.5) is 5.69 Å². The van der Waals surface area contributed by atoms with Gasteiger partial charge in [0.15, 0.2) is 0 Å². The largest absolute Gasteiger partial charge is 0.475 e. The SMILES string of the molecule is COCCOc1ccc(NC(=O)C2CCCO2)cn1. The minimum absolute atomic E-state index is 0.118. The summed E-state index contributed by atoms with van der Waals surface area (Å²) in [7, 11) is 1.61. The van der Waals surface area contributed by atoms with Gasteiger partial charge in [-0.15, -0.1) is 0 Å². The second-order valence-electron chi connectivity index (χ2n) is 4.22. The standard InChI is InChI=1S/C13H18N2O4/c1-17-7-8-19-12-5-4-10(9-14-12)15-13(16)11-3-2-6-18-11/h4-5,9,11H,2-3,6-8H2,1H3,(H,15,16). The molecule has 1 atom stereocenters. The Labute approximate surface area is 112 Å². The number of hydrogen-bond acceptors (Lipinski definition) is 5. The van der Waals surface area contributed by atoms with E-state index in [-0.39, 0.29) is 12.0 Å². The van der Waals surface area contributed by atoms with Crippen LogP contribution in [0.2, 0.25) is 0 Å². The summed E-state index contributed by atoms with van der Waals surface area (Å²) in [5, 5.41) is 2.77. The topological polar surface area (TPSA) is 69.7 Å². The molecule has 1 unspecified atom stereocenters. The number of methoxy groups -OCH3 is 1. The molecule has 1 N–H and O–H groups in total. The van der Waals surface area contributed by atoms with Crippen molar-refractivity contribution in [2.75, 3.05) is 32.2 Å². The third kappa shape index (κ3) is 4.18. The first-order valence-electron chi connectivity index (χ1n) is 6.30. The molecule has 0 saturated carbocycles. The molecule has 0 radical (unpaired) electrons. The van der Waals surface area contributed by atoms with Crippen LogP contribution < -0.4 is 10.1 Å². The maximum Gasteiger partial charge on any atom is 0.253 e. The van der Waals surface area contributed by atoms with Gasteiger partial charge in [0, 0.05) is 19.8 Å². The van der Waals surface area contributed by atoms with E-state index in [9.17, 15) is 4.79 Å². The summed E-state index contributed by atoms with van der Waals surface area (Å²) in [6, 6.07) is 3.46. The molecule has 1 fully saturated rings. The molecule has 104 valence electrons. The molecular weight excluding hydrogens is 248 g/mol. The van der Waals surface area contributed by atoms with Gasteiger partial charge in [-0.05, 0) is 18.9 Å². The summed E-state index contributed by atoms with van der Waals surface area (Å²) in [5.74, 6) is 0.388. The number of carbonyl (C=O) groups is 1. The number of aromatic nitrogens is 1. The molecule has 1 saturated heterocycles. The van der Waals surface area contributed by atoms with Gasteiger partial charge in [0.05, 0.1) is 18.5 Å². The maximum absolute atomic E-state index is 11.8. The van der Waals surface area contributed by atoms with Gasteiger partial charge >= 0.3 is 0 Å². The van der Waals surface area contributed by atoms with E-state index in [2.05, 4.69) is 10.3 Å². The maximum atomic E-state index is 11.8. The average molecular weight is 266 g/mol. The summed E-state index contributed by atoms with van der Waals surface area (Å²) in [6.45, 7) is 1.62. The molecule has 1 amide bonds. The molecule has 2 heterocycles. The minimum atomic E-state index is -0.336. The lowest BCUT2D eigenvalue weighted by Gasteiger charge is -2.10. The van der Waals surface area contributed by atoms with Gasteiger partial charge in [-0.3, -0.25) is 4.79 Å². The number of nitrogens with one attached hydrogen (secondary N) is 1. The van der Waals surface area contributed by atoms with Crippen molar-refractivity contribution in [2.24, 2.45) is 0 Å². The van der Waals surface area contributed by atoms with E-state index in [4.69, 9.17) is 14.2 Å². The zero-order valence-electron chi connectivity index (χ0n) is 10.9. The summed E-state index contributed by atoms with van der Waals surface area (Å²) in [4.78, 5) is 15.9. The molecule has 19 heavy (non-hydrogen) atoms. The molecular formula is C13H18N2O4. The van der Waals surface area contributed by atoms with Gasteiger partial charge in [-0.1, -0.05) is 0 Å². The summed E-state index contributed by atoms with van der Waals surface area (Å²) in [5.41, 5.74) is 0.639. The fourth-order valence-electron chi connectivity index (χ4n) is 1.78. The van der Waals surface area contributed by atoms with Crippen molar-refractivity contribution in [1.29, 1.82) is 0 Å². The van der Waals surface area contributed by atoms with Gasteiger partial charge in [-0.25, -0.2) is 4.98 Å². The molecule has 1 aromatic rings. The van der Waals surface area contributed by atoms with E-state index < -0.39 is 0 Å². The highest BCUT2D eigenvalue weighted by molar-refractivity contribution is 5.94. The number of rotatable bonds is 6. The number of pyridine rings is 1. The molecule has 0 spiro atoms. The highest BCUT2D eigenvalue weighted by atomic mass is 16.5. The van der Waals surface area contributed by atoms with Gasteiger partial charge in [-0.2, -0.15) is 0 Å². The summed E-state index contributed by atoms with van der Waals surface area (Å²) in [6.07, 6.45) is 2.94. The molecule has 0 bridgehead atoms. The van der Waals surface area contributed by atoms with E-state index in [1.54, 1.807) is 25.4 Å². The molecule has 2 rings (SSSR count). The Kier molecular flexibility index (Phi) is 5.11. The van der Waals surface area contributed by atoms with Crippen LogP contribution in [-0.2, 0) is 14.3 Å². The van der Waals surface area contributed by atoms with Crippen molar-refractivity contribution in [3.63, 3.8) is 0 Å². The van der Waals surface area contributed by atoms with Gasteiger partial charge < -0.3 is 19.5 Å². The summed E-state index contributed by atoms with van der Waals surface area (Å²) >= 11 is 0. The van der Waals surface area contributed by atoms with Crippen LogP contribution in [0.15, 0.2) is 18.3 Å². The van der Waals surface area contributed by atoms with Crippen molar-refractivity contribution in [1.82, 2.24) is 4.98 Å². The van der Waals surface area contributed by atoms with Crippen molar-refractivity contribution < 1.29 is 19.0 Å². The predicted octanol–water partition coefficient (Wildman–Crippen LogP) is 1.22. The van der Waals surface area contributed by atoms with Crippen molar-refractivity contribution in [3.05, 3.63) is 18.3 Å². The Balaban J connectivity index is 1.82. The predicted molar refractivity (Wildman–Crippen MR) is 69.2 cm³/mol. The van der Waals surface area contributed by atoms with E-state index in [1.807, 2.05) is 0 Å². The van der Waals surface area contributed by atoms with Crippen LogP contribution in [-0.4, -0.2) is 43.9 Å². The average Bonchev–Trinajstić information content (AvgIpc) is 2.95. The summed E-state index contributed by atoms with van der Waals surface area (Å²) < 4.78 is 15.5. The highest BCUT2D eigenvalue weighted by Gasteiger charge is 2.23. The number of carbonyl (C=O) groups excluding carboxylic acids is 1. The Morgan fingerprint density at radius 3 is 3.05 bits per heavy atom. The van der Waals surface area contributed by atoms with Gasteiger partial charge in [0.25, 0.3) is 5.91 Å². The van der Waals surface area contributed by atoms with Crippen LogP contribution in [0.5, 0.6) is 5.88 Å². The Morgan fingerprint density at radius 2 is 2.42 bits per heavy atom. The van der Waals surface area contributed by atoms with Gasteiger partial charge in [0.2, 0.25) is 5.88 Å². The second kappa shape index (κ2) is 7.06. The molecule has 6 heteroatoms. The van der Waals surface area contributed by atoms with Crippen LogP contribution in [0.25, 0.3) is 0 Å². The molecule has 1 aromatic heterocycles.